The van der Waals surface area contributed by atoms with Crippen LogP contribution in [0, 0.1) is 0 Å². The number of carbonyl (C=O) groups excluding carboxylic acids is 1. The van der Waals surface area contributed by atoms with Crippen LogP contribution in [0.5, 0.6) is 0 Å². The Kier molecular flexibility index (Phi) is 2.89. The standard InChI is InChI=1S/C13H19NO2/c1-13(2,16)6-7-14-8-10-4-3-5-12(15)11(10)9-14/h8-9,16H,3-7H2,1-2H3. The van der Waals surface area contributed by atoms with Gasteiger partial charge in [0, 0.05) is 30.9 Å². The van der Waals surface area contributed by atoms with E-state index in [1.54, 1.807) is 0 Å². The third kappa shape index (κ3) is 2.53. The minimum absolute atomic E-state index is 0.267. The van der Waals surface area contributed by atoms with Crippen LogP contribution in [0.3, 0.4) is 0 Å². The van der Waals surface area contributed by atoms with Gasteiger partial charge in [0.2, 0.25) is 0 Å². The van der Waals surface area contributed by atoms with Crippen molar-refractivity contribution < 1.29 is 9.90 Å². The normalized spacial score (nSPS) is 16.3. The fourth-order valence-corrected chi connectivity index (χ4v) is 2.11. The molecule has 0 aliphatic heterocycles. The summed E-state index contributed by atoms with van der Waals surface area (Å²) in [6.45, 7) is 4.38. The highest BCUT2D eigenvalue weighted by molar-refractivity contribution is 5.98. The van der Waals surface area contributed by atoms with Gasteiger partial charge >= 0.3 is 0 Å². The average Bonchev–Trinajstić information content (AvgIpc) is 2.58. The lowest BCUT2D eigenvalue weighted by atomic mass is 9.95. The molecule has 0 atom stereocenters. The molecular weight excluding hydrogens is 202 g/mol. The zero-order valence-electron chi connectivity index (χ0n) is 9.99. The Morgan fingerprint density at radius 3 is 2.75 bits per heavy atom. The minimum Gasteiger partial charge on any atom is -0.390 e. The zero-order chi connectivity index (χ0) is 11.8. The maximum Gasteiger partial charge on any atom is 0.164 e. The topological polar surface area (TPSA) is 42.2 Å². The van der Waals surface area contributed by atoms with E-state index < -0.39 is 5.60 Å². The van der Waals surface area contributed by atoms with Crippen molar-refractivity contribution in [1.29, 1.82) is 0 Å². The Balaban J connectivity index is 2.10. The van der Waals surface area contributed by atoms with Crippen LogP contribution < -0.4 is 0 Å². The summed E-state index contributed by atoms with van der Waals surface area (Å²) in [5.41, 5.74) is 1.42. The molecule has 1 aromatic heterocycles. The number of rotatable bonds is 3. The van der Waals surface area contributed by atoms with E-state index in [1.807, 2.05) is 24.6 Å². The number of aromatic nitrogens is 1. The van der Waals surface area contributed by atoms with Crippen LogP contribution in [0.2, 0.25) is 0 Å². The first kappa shape index (κ1) is 11.4. The predicted octanol–water partition coefficient (Wildman–Crippen LogP) is 2.17. The van der Waals surface area contributed by atoms with Crippen LogP contribution in [-0.4, -0.2) is 21.1 Å². The first-order valence-corrected chi connectivity index (χ1v) is 5.90. The highest BCUT2D eigenvalue weighted by Gasteiger charge is 2.19. The Hall–Kier alpha value is -1.09. The number of hydrogen-bond donors (Lipinski definition) is 1. The quantitative estimate of drug-likeness (QED) is 0.850. The molecule has 1 aromatic rings. The Labute approximate surface area is 96.1 Å². The first-order chi connectivity index (χ1) is 7.46. The lowest BCUT2D eigenvalue weighted by Crippen LogP contribution is -2.20. The van der Waals surface area contributed by atoms with Gasteiger partial charge in [-0.05, 0) is 38.7 Å². The Bertz CT molecular complexity index is 399. The summed E-state index contributed by atoms with van der Waals surface area (Å²) in [5, 5.41) is 9.65. The van der Waals surface area contributed by atoms with E-state index in [-0.39, 0.29) is 5.78 Å². The fraction of sp³-hybridized carbons (Fsp3) is 0.615. The van der Waals surface area contributed by atoms with Crippen LogP contribution in [0.25, 0.3) is 0 Å². The predicted molar refractivity (Wildman–Crippen MR) is 62.6 cm³/mol. The first-order valence-electron chi connectivity index (χ1n) is 5.90. The summed E-state index contributed by atoms with van der Waals surface area (Å²) in [7, 11) is 0. The SMILES string of the molecule is CC(C)(O)CCn1cc2c(c1)C(=O)CCC2. The number of ketones is 1. The van der Waals surface area contributed by atoms with E-state index >= 15 is 0 Å². The van der Waals surface area contributed by atoms with Gasteiger partial charge in [0.05, 0.1) is 5.60 Å². The number of hydrogen-bond acceptors (Lipinski definition) is 2. The number of Topliss-reactive ketones (excluding diaryl/α,β-unsaturated/α-hetero) is 1. The van der Waals surface area contributed by atoms with E-state index in [1.165, 1.54) is 5.56 Å². The Morgan fingerprint density at radius 2 is 2.12 bits per heavy atom. The molecule has 88 valence electrons. The van der Waals surface area contributed by atoms with Crippen molar-refractivity contribution >= 4 is 5.78 Å². The molecule has 1 heterocycles. The van der Waals surface area contributed by atoms with Crippen molar-refractivity contribution in [2.75, 3.05) is 0 Å². The molecule has 2 rings (SSSR count). The summed E-state index contributed by atoms with van der Waals surface area (Å²) >= 11 is 0. The number of nitrogens with zero attached hydrogens (tertiary/aromatic N) is 1. The fourth-order valence-electron chi connectivity index (χ4n) is 2.11. The molecule has 16 heavy (non-hydrogen) atoms. The van der Waals surface area contributed by atoms with Crippen molar-refractivity contribution in [2.24, 2.45) is 0 Å². The second-order valence-corrected chi connectivity index (χ2v) is 5.27. The van der Waals surface area contributed by atoms with Gasteiger partial charge in [-0.15, -0.1) is 0 Å². The third-order valence-electron chi connectivity index (χ3n) is 3.09. The molecule has 0 amide bonds. The molecule has 0 radical (unpaired) electrons. The van der Waals surface area contributed by atoms with Crippen molar-refractivity contribution in [3.63, 3.8) is 0 Å². The summed E-state index contributed by atoms with van der Waals surface area (Å²) < 4.78 is 2.03. The number of carbonyl (C=O) groups is 1. The number of fused-ring (bicyclic) bond motifs is 1. The molecule has 0 saturated carbocycles. The molecule has 1 aliphatic carbocycles. The largest absolute Gasteiger partial charge is 0.390 e. The molecule has 3 heteroatoms. The second-order valence-electron chi connectivity index (χ2n) is 5.27. The molecule has 0 fully saturated rings. The van der Waals surface area contributed by atoms with Crippen molar-refractivity contribution in [3.8, 4) is 0 Å². The monoisotopic (exact) mass is 221 g/mol. The van der Waals surface area contributed by atoms with Gasteiger partial charge < -0.3 is 9.67 Å². The van der Waals surface area contributed by atoms with E-state index in [2.05, 4.69) is 6.20 Å². The number of aliphatic hydroxyl groups is 1. The molecule has 3 nitrogen and oxygen atoms in total. The molecule has 0 unspecified atom stereocenters. The minimum atomic E-state index is -0.644. The molecular formula is C13H19NO2. The van der Waals surface area contributed by atoms with Crippen LogP contribution in [0.15, 0.2) is 12.4 Å². The molecule has 0 saturated heterocycles. The highest BCUT2D eigenvalue weighted by Crippen LogP contribution is 2.22. The van der Waals surface area contributed by atoms with Crippen LogP contribution in [-0.2, 0) is 13.0 Å². The summed E-state index contributed by atoms with van der Waals surface area (Å²) in [4.78, 5) is 11.6. The average molecular weight is 221 g/mol. The molecule has 0 bridgehead atoms. The summed E-state index contributed by atoms with van der Waals surface area (Å²) in [6.07, 6.45) is 7.36. The lowest BCUT2D eigenvalue weighted by molar-refractivity contribution is 0.0662. The van der Waals surface area contributed by atoms with Gasteiger partial charge in [0.1, 0.15) is 0 Å². The Morgan fingerprint density at radius 1 is 1.38 bits per heavy atom. The maximum absolute atomic E-state index is 11.6. The van der Waals surface area contributed by atoms with Crippen molar-refractivity contribution in [3.05, 3.63) is 23.5 Å². The van der Waals surface area contributed by atoms with Gasteiger partial charge in [-0.25, -0.2) is 0 Å². The third-order valence-corrected chi connectivity index (χ3v) is 3.09. The van der Waals surface area contributed by atoms with Gasteiger partial charge in [0.15, 0.2) is 5.78 Å². The van der Waals surface area contributed by atoms with E-state index in [9.17, 15) is 9.90 Å². The molecule has 1 aliphatic rings. The smallest absolute Gasteiger partial charge is 0.164 e. The molecule has 1 N–H and O–H groups in total. The van der Waals surface area contributed by atoms with Gasteiger partial charge in [-0.3, -0.25) is 4.79 Å². The summed E-state index contributed by atoms with van der Waals surface area (Å²) in [5.74, 6) is 0.267. The van der Waals surface area contributed by atoms with E-state index in [0.29, 0.717) is 12.8 Å². The summed E-state index contributed by atoms with van der Waals surface area (Å²) in [6, 6.07) is 0. The van der Waals surface area contributed by atoms with Gasteiger partial charge in [-0.1, -0.05) is 0 Å². The second kappa shape index (κ2) is 4.06. The van der Waals surface area contributed by atoms with E-state index in [4.69, 9.17) is 0 Å². The van der Waals surface area contributed by atoms with Crippen LogP contribution in [0.1, 0.15) is 49.0 Å². The number of aryl methyl sites for hydroxylation is 2. The zero-order valence-corrected chi connectivity index (χ0v) is 9.99. The van der Waals surface area contributed by atoms with Crippen LogP contribution in [0.4, 0.5) is 0 Å². The highest BCUT2D eigenvalue weighted by atomic mass is 16.3. The van der Waals surface area contributed by atoms with Crippen molar-refractivity contribution in [2.45, 2.75) is 51.7 Å². The van der Waals surface area contributed by atoms with Crippen LogP contribution >= 0.6 is 0 Å². The van der Waals surface area contributed by atoms with Crippen molar-refractivity contribution in [1.82, 2.24) is 4.57 Å². The maximum atomic E-state index is 11.6. The van der Waals surface area contributed by atoms with Gasteiger partial charge in [0.25, 0.3) is 0 Å². The molecule has 0 aromatic carbocycles. The molecule has 0 spiro atoms. The van der Waals surface area contributed by atoms with Gasteiger partial charge in [-0.2, -0.15) is 0 Å². The lowest BCUT2D eigenvalue weighted by Gasteiger charge is -2.16. The van der Waals surface area contributed by atoms with E-state index in [0.717, 1.165) is 24.9 Å².